The van der Waals surface area contributed by atoms with Crippen molar-refractivity contribution in [1.29, 1.82) is 0 Å². The number of esters is 1. The van der Waals surface area contributed by atoms with Gasteiger partial charge < -0.3 is 10.1 Å². The van der Waals surface area contributed by atoms with Gasteiger partial charge in [-0.25, -0.2) is 9.79 Å². The van der Waals surface area contributed by atoms with Crippen LogP contribution >= 0.6 is 34.9 Å². The van der Waals surface area contributed by atoms with E-state index in [4.69, 9.17) is 4.74 Å². The molecular formula is C20H20N2O3S3. The molecule has 0 bridgehead atoms. The molecule has 8 heteroatoms. The molecule has 2 aromatic rings. The third-order valence-electron chi connectivity index (χ3n) is 4.70. The summed E-state index contributed by atoms with van der Waals surface area (Å²) in [4.78, 5) is 30.6. The highest BCUT2D eigenvalue weighted by Crippen LogP contribution is 2.39. The van der Waals surface area contributed by atoms with Crippen molar-refractivity contribution in [3.8, 4) is 0 Å². The summed E-state index contributed by atoms with van der Waals surface area (Å²) in [5, 5.41) is 3.55. The predicted octanol–water partition coefficient (Wildman–Crippen LogP) is 5.02. The van der Waals surface area contributed by atoms with Crippen LogP contribution in [0.2, 0.25) is 0 Å². The van der Waals surface area contributed by atoms with Gasteiger partial charge in [0.2, 0.25) is 5.91 Å². The van der Waals surface area contributed by atoms with Gasteiger partial charge in [-0.15, -0.1) is 11.3 Å². The summed E-state index contributed by atoms with van der Waals surface area (Å²) in [6.45, 7) is 0. The summed E-state index contributed by atoms with van der Waals surface area (Å²) < 4.78 is 5.86. The number of benzene rings is 1. The lowest BCUT2D eigenvalue weighted by atomic mass is 9.95. The Balaban J connectivity index is 1.44. The topological polar surface area (TPSA) is 67.8 Å². The Kier molecular flexibility index (Phi) is 6.08. The Morgan fingerprint density at radius 3 is 2.93 bits per heavy atom. The first-order valence-electron chi connectivity index (χ1n) is 9.10. The van der Waals surface area contributed by atoms with Gasteiger partial charge in [0.25, 0.3) is 0 Å². The SMILES string of the molecule is COC(=O)c1c(NC(=O)CSC2=Nc3ccccc3CS2)sc2c1CCCC2. The molecule has 4 rings (SSSR count). The molecule has 1 aliphatic carbocycles. The lowest BCUT2D eigenvalue weighted by Crippen LogP contribution is -2.17. The van der Waals surface area contributed by atoms with Gasteiger partial charge in [-0.1, -0.05) is 41.7 Å². The van der Waals surface area contributed by atoms with E-state index >= 15 is 0 Å². The number of aryl methyl sites for hydroxylation is 1. The van der Waals surface area contributed by atoms with Gasteiger partial charge in [0.1, 0.15) is 9.38 Å². The number of anilines is 1. The first kappa shape index (κ1) is 19.5. The quantitative estimate of drug-likeness (QED) is 0.687. The van der Waals surface area contributed by atoms with Gasteiger partial charge in [-0.3, -0.25) is 4.79 Å². The van der Waals surface area contributed by atoms with Crippen molar-refractivity contribution in [3.63, 3.8) is 0 Å². The maximum Gasteiger partial charge on any atom is 0.341 e. The fourth-order valence-corrected chi connectivity index (χ4v) is 6.50. The number of carbonyl (C=O) groups excluding carboxylic acids is 2. The first-order valence-corrected chi connectivity index (χ1v) is 11.9. The summed E-state index contributed by atoms with van der Waals surface area (Å²) in [7, 11) is 1.38. The van der Waals surface area contributed by atoms with E-state index in [0.717, 1.165) is 47.1 Å². The Labute approximate surface area is 176 Å². The fourth-order valence-electron chi connectivity index (χ4n) is 3.35. The molecule has 146 valence electrons. The van der Waals surface area contributed by atoms with E-state index in [1.54, 1.807) is 11.8 Å². The van der Waals surface area contributed by atoms with E-state index < -0.39 is 0 Å². The number of aliphatic imine (C=N–C) groups is 1. The maximum atomic E-state index is 12.5. The van der Waals surface area contributed by atoms with Crippen molar-refractivity contribution in [2.24, 2.45) is 4.99 Å². The normalized spacial score (nSPS) is 15.2. The van der Waals surface area contributed by atoms with E-state index in [1.165, 1.54) is 40.6 Å². The molecule has 0 saturated heterocycles. The number of ether oxygens (including phenoxy) is 1. The number of thioether (sulfide) groups is 2. The Bertz CT molecular complexity index is 952. The molecule has 0 spiro atoms. The minimum Gasteiger partial charge on any atom is -0.465 e. The average Bonchev–Trinajstić information content (AvgIpc) is 3.09. The van der Waals surface area contributed by atoms with E-state index in [9.17, 15) is 9.59 Å². The van der Waals surface area contributed by atoms with Gasteiger partial charge >= 0.3 is 5.97 Å². The molecule has 1 aromatic carbocycles. The second-order valence-electron chi connectivity index (χ2n) is 6.54. The highest BCUT2D eigenvalue weighted by atomic mass is 32.2. The number of carbonyl (C=O) groups is 2. The first-order chi connectivity index (χ1) is 13.7. The summed E-state index contributed by atoms with van der Waals surface area (Å²) in [5.74, 6) is 0.632. The molecule has 0 saturated carbocycles. The van der Waals surface area contributed by atoms with Crippen molar-refractivity contribution in [2.75, 3.05) is 18.2 Å². The van der Waals surface area contributed by atoms with E-state index in [-0.39, 0.29) is 17.6 Å². The molecule has 2 heterocycles. The molecule has 28 heavy (non-hydrogen) atoms. The van der Waals surface area contributed by atoms with Crippen LogP contribution in [0.1, 0.15) is 39.2 Å². The molecule has 0 unspecified atom stereocenters. The second-order valence-corrected chi connectivity index (χ2v) is 9.83. The molecule has 0 atom stereocenters. The minimum atomic E-state index is -0.369. The third-order valence-corrected chi connectivity index (χ3v) is 8.15. The molecule has 1 N–H and O–H groups in total. The van der Waals surface area contributed by atoms with Gasteiger partial charge in [0.05, 0.1) is 24.1 Å². The molecule has 1 aliphatic heterocycles. The zero-order chi connectivity index (χ0) is 19.5. The highest BCUT2D eigenvalue weighted by Gasteiger charge is 2.27. The Morgan fingerprint density at radius 2 is 2.07 bits per heavy atom. The molecule has 1 aromatic heterocycles. The summed E-state index contributed by atoms with van der Waals surface area (Å²) in [6, 6.07) is 8.06. The van der Waals surface area contributed by atoms with Crippen molar-refractivity contribution >= 4 is 61.8 Å². The van der Waals surface area contributed by atoms with Crippen LogP contribution in [0.5, 0.6) is 0 Å². The molecule has 5 nitrogen and oxygen atoms in total. The van der Waals surface area contributed by atoms with Crippen LogP contribution in [0.15, 0.2) is 29.3 Å². The van der Waals surface area contributed by atoms with Crippen LogP contribution < -0.4 is 5.32 Å². The van der Waals surface area contributed by atoms with E-state index in [0.29, 0.717) is 10.6 Å². The Morgan fingerprint density at radius 1 is 1.25 bits per heavy atom. The van der Waals surface area contributed by atoms with Crippen molar-refractivity contribution in [1.82, 2.24) is 0 Å². The van der Waals surface area contributed by atoms with Crippen LogP contribution in [-0.4, -0.2) is 29.1 Å². The summed E-state index contributed by atoms with van der Waals surface area (Å²) >= 11 is 4.59. The van der Waals surface area contributed by atoms with Gasteiger partial charge in [0.15, 0.2) is 0 Å². The van der Waals surface area contributed by atoms with Crippen molar-refractivity contribution in [2.45, 2.75) is 31.4 Å². The average molecular weight is 433 g/mol. The van der Waals surface area contributed by atoms with Gasteiger partial charge in [-0.2, -0.15) is 0 Å². The van der Waals surface area contributed by atoms with Crippen molar-refractivity contribution < 1.29 is 14.3 Å². The molecule has 1 amide bonds. The summed E-state index contributed by atoms with van der Waals surface area (Å²) in [6.07, 6.45) is 4.01. The maximum absolute atomic E-state index is 12.5. The number of amides is 1. The fraction of sp³-hybridized carbons (Fsp3) is 0.350. The van der Waals surface area contributed by atoms with E-state index in [2.05, 4.69) is 16.4 Å². The van der Waals surface area contributed by atoms with Crippen LogP contribution in [0.3, 0.4) is 0 Å². The zero-order valence-electron chi connectivity index (χ0n) is 15.4. The number of para-hydroxylation sites is 1. The van der Waals surface area contributed by atoms with Crippen molar-refractivity contribution in [3.05, 3.63) is 45.8 Å². The number of rotatable bonds is 4. The molecular weight excluding hydrogens is 412 g/mol. The number of nitrogens with zero attached hydrogens (tertiary/aromatic N) is 1. The second kappa shape index (κ2) is 8.71. The number of hydrogen-bond acceptors (Lipinski definition) is 7. The number of methoxy groups -OCH3 is 1. The number of thiophene rings is 1. The zero-order valence-corrected chi connectivity index (χ0v) is 17.9. The molecule has 0 radical (unpaired) electrons. The molecule has 0 fully saturated rings. The minimum absolute atomic E-state index is 0.129. The number of nitrogens with one attached hydrogen (secondary N) is 1. The predicted molar refractivity (Wildman–Crippen MR) is 118 cm³/mol. The highest BCUT2D eigenvalue weighted by molar-refractivity contribution is 8.38. The van der Waals surface area contributed by atoms with E-state index in [1.807, 2.05) is 18.2 Å². The third kappa shape index (κ3) is 4.14. The lowest BCUT2D eigenvalue weighted by Gasteiger charge is -2.14. The van der Waals surface area contributed by atoms with Crippen LogP contribution in [0, 0.1) is 0 Å². The van der Waals surface area contributed by atoms with Gasteiger partial charge in [0, 0.05) is 10.6 Å². The van der Waals surface area contributed by atoms with Crippen LogP contribution in [0.4, 0.5) is 10.7 Å². The monoisotopic (exact) mass is 432 g/mol. The van der Waals surface area contributed by atoms with Gasteiger partial charge in [-0.05, 0) is 42.9 Å². The number of fused-ring (bicyclic) bond motifs is 2. The summed E-state index contributed by atoms with van der Waals surface area (Å²) in [5.41, 5.74) is 3.78. The number of hydrogen-bond donors (Lipinski definition) is 1. The Hall–Kier alpha value is -1.77. The molecule has 2 aliphatic rings. The lowest BCUT2D eigenvalue weighted by molar-refractivity contribution is -0.113. The van der Waals surface area contributed by atoms with Crippen LogP contribution in [-0.2, 0) is 28.1 Å². The van der Waals surface area contributed by atoms with Crippen LogP contribution in [0.25, 0.3) is 0 Å². The smallest absolute Gasteiger partial charge is 0.341 e. The largest absolute Gasteiger partial charge is 0.465 e. The standard InChI is InChI=1S/C20H20N2O3S3/c1-25-19(24)17-13-7-3-5-9-15(13)28-18(17)22-16(23)11-27-20-21-14-8-4-2-6-12(14)10-26-20/h2,4,6,8H,3,5,7,9-11H2,1H3,(H,22,23).